The minimum atomic E-state index is -0.395. The Labute approximate surface area is 213 Å². The van der Waals surface area contributed by atoms with Gasteiger partial charge in [-0.05, 0) is 66.8 Å². The number of pyridine rings is 1. The van der Waals surface area contributed by atoms with Gasteiger partial charge in [-0.25, -0.2) is 14.4 Å². The topological polar surface area (TPSA) is 110 Å². The van der Waals surface area contributed by atoms with Crippen LogP contribution < -0.4 is 16.6 Å². The van der Waals surface area contributed by atoms with Gasteiger partial charge in [0, 0.05) is 11.3 Å². The molecule has 0 spiro atoms. The van der Waals surface area contributed by atoms with Gasteiger partial charge in [0.25, 0.3) is 5.56 Å². The molecule has 0 fully saturated rings. The van der Waals surface area contributed by atoms with Gasteiger partial charge in [-0.15, -0.1) is 0 Å². The van der Waals surface area contributed by atoms with Crippen molar-refractivity contribution in [1.29, 1.82) is 5.41 Å². The number of hydrogen-bond acceptors (Lipinski definition) is 6. The van der Waals surface area contributed by atoms with E-state index < -0.39 is 5.82 Å². The average Bonchev–Trinajstić information content (AvgIpc) is 2.88. The maximum Gasteiger partial charge on any atom is 0.263 e. The summed E-state index contributed by atoms with van der Waals surface area (Å²) in [6.07, 6.45) is 1.32. The minimum absolute atomic E-state index is 0.0611. The molecule has 5 aromatic rings. The molecule has 2 aromatic heterocycles. The molecule has 0 bridgehead atoms. The predicted octanol–water partition coefficient (Wildman–Crippen LogP) is 5.15. The summed E-state index contributed by atoms with van der Waals surface area (Å²) < 4.78 is 15.1. The highest BCUT2D eigenvalue weighted by Gasteiger charge is 2.18. The van der Waals surface area contributed by atoms with Gasteiger partial charge < -0.3 is 11.1 Å². The molecule has 3 aromatic carbocycles. The van der Waals surface area contributed by atoms with Crippen LogP contribution in [-0.2, 0) is 6.54 Å². The van der Waals surface area contributed by atoms with Gasteiger partial charge in [0.2, 0.25) is 0 Å². The van der Waals surface area contributed by atoms with Crippen molar-refractivity contribution in [1.82, 2.24) is 14.5 Å². The average molecular weight is 493 g/mol. The van der Waals surface area contributed by atoms with Crippen LogP contribution >= 0.6 is 0 Å². The lowest BCUT2D eigenvalue weighted by Gasteiger charge is -2.19. The maximum absolute atomic E-state index is 13.8. The first kappa shape index (κ1) is 23.9. The van der Waals surface area contributed by atoms with E-state index in [2.05, 4.69) is 15.3 Å². The van der Waals surface area contributed by atoms with E-state index in [9.17, 15) is 9.18 Å². The number of fused-ring (bicyclic) bond motifs is 1. The number of benzene rings is 3. The Morgan fingerprint density at radius 2 is 1.73 bits per heavy atom. The predicted molar refractivity (Wildman–Crippen MR) is 145 cm³/mol. The lowest BCUT2D eigenvalue weighted by molar-refractivity contribution is 0.628. The number of nitrogens with two attached hydrogens (primary N) is 1. The maximum atomic E-state index is 13.8. The number of anilines is 2. The third-order valence-corrected chi connectivity index (χ3v) is 6.38. The van der Waals surface area contributed by atoms with Crippen LogP contribution in [0.25, 0.3) is 16.5 Å². The van der Waals surface area contributed by atoms with Crippen molar-refractivity contribution < 1.29 is 4.39 Å². The molecule has 2 heterocycles. The Morgan fingerprint density at radius 1 is 1.00 bits per heavy atom. The zero-order chi connectivity index (χ0) is 26.1. The Kier molecular flexibility index (Phi) is 6.23. The van der Waals surface area contributed by atoms with Gasteiger partial charge in [-0.3, -0.25) is 14.8 Å². The Morgan fingerprint density at radius 3 is 2.49 bits per heavy atom. The molecule has 7 nitrogen and oxygen atoms in total. The Bertz CT molecular complexity index is 1710. The molecule has 37 heavy (non-hydrogen) atoms. The van der Waals surface area contributed by atoms with Crippen LogP contribution in [0.1, 0.15) is 27.9 Å². The van der Waals surface area contributed by atoms with E-state index in [4.69, 9.17) is 11.1 Å². The molecular weight excluding hydrogens is 467 g/mol. The molecule has 0 atom stereocenters. The van der Waals surface area contributed by atoms with E-state index in [1.165, 1.54) is 30.6 Å². The second-order valence-corrected chi connectivity index (χ2v) is 8.82. The normalized spacial score (nSPS) is 11.0. The number of nitrogens with one attached hydrogen (secondary N) is 2. The summed E-state index contributed by atoms with van der Waals surface area (Å²) in [5.74, 6) is 0.0695. The highest BCUT2D eigenvalue weighted by atomic mass is 19.1. The summed E-state index contributed by atoms with van der Waals surface area (Å²) in [5, 5.41) is 13.5. The second kappa shape index (κ2) is 9.66. The highest BCUT2D eigenvalue weighted by Crippen LogP contribution is 2.25. The molecule has 4 N–H and O–H groups in total. The standard InChI is InChI=1S/C29H25FN6O/c1-17-6-3-4-9-23(17)36-22(14-20-8-5-7-18(2)24(20)29(36)37)15-33-28-25(27(32)34-16-35-28)26(31)19-10-12-21(30)13-11-19/h3-14,16,31H,15H2,1-2H3,(H3,32,33,34,35). The first-order valence-corrected chi connectivity index (χ1v) is 11.7. The quantitative estimate of drug-likeness (QED) is 0.284. The molecule has 0 saturated heterocycles. The number of para-hydroxylation sites is 1. The van der Waals surface area contributed by atoms with Crippen LogP contribution in [-0.4, -0.2) is 20.2 Å². The summed E-state index contributed by atoms with van der Waals surface area (Å²) in [7, 11) is 0. The van der Waals surface area contributed by atoms with Crippen molar-refractivity contribution in [3.05, 3.63) is 123 Å². The third-order valence-electron chi connectivity index (χ3n) is 6.38. The SMILES string of the molecule is Cc1ccccc1-n1c(CNc2ncnc(N)c2C(=N)c2ccc(F)cc2)cc2cccc(C)c2c1=O. The second-order valence-electron chi connectivity index (χ2n) is 8.82. The number of nitrogens with zero attached hydrogens (tertiary/aromatic N) is 3. The first-order chi connectivity index (χ1) is 17.8. The van der Waals surface area contributed by atoms with E-state index in [-0.39, 0.29) is 23.6 Å². The number of hydrogen-bond donors (Lipinski definition) is 3. The van der Waals surface area contributed by atoms with Crippen molar-refractivity contribution in [2.24, 2.45) is 0 Å². The van der Waals surface area contributed by atoms with Gasteiger partial charge in [0.1, 0.15) is 23.8 Å². The highest BCUT2D eigenvalue weighted by molar-refractivity contribution is 6.16. The fraction of sp³-hybridized carbons (Fsp3) is 0.103. The van der Waals surface area contributed by atoms with Gasteiger partial charge in [-0.2, -0.15) is 0 Å². The molecule has 8 heteroatoms. The number of halogens is 1. The summed E-state index contributed by atoms with van der Waals surface area (Å²) >= 11 is 0. The van der Waals surface area contributed by atoms with Crippen molar-refractivity contribution >= 4 is 28.1 Å². The van der Waals surface area contributed by atoms with Gasteiger partial charge >= 0.3 is 0 Å². The lowest BCUT2D eigenvalue weighted by atomic mass is 10.0. The largest absolute Gasteiger partial charge is 0.383 e. The van der Waals surface area contributed by atoms with Crippen LogP contribution in [0.15, 0.2) is 83.9 Å². The number of rotatable bonds is 6. The Hall–Kier alpha value is -4.85. The minimum Gasteiger partial charge on any atom is -0.383 e. The number of aromatic nitrogens is 3. The van der Waals surface area contributed by atoms with Crippen LogP contribution in [0.3, 0.4) is 0 Å². The van der Waals surface area contributed by atoms with Gasteiger partial charge in [0.05, 0.1) is 28.9 Å². The summed E-state index contributed by atoms with van der Waals surface area (Å²) in [4.78, 5) is 22.2. The first-order valence-electron chi connectivity index (χ1n) is 11.7. The van der Waals surface area contributed by atoms with E-state index >= 15 is 0 Å². The molecule has 0 saturated carbocycles. The van der Waals surface area contributed by atoms with E-state index in [0.29, 0.717) is 28.0 Å². The van der Waals surface area contributed by atoms with Crippen molar-refractivity contribution in [3.63, 3.8) is 0 Å². The van der Waals surface area contributed by atoms with Crippen LogP contribution in [0.2, 0.25) is 0 Å². The van der Waals surface area contributed by atoms with Crippen LogP contribution in [0.5, 0.6) is 0 Å². The van der Waals surface area contributed by atoms with Gasteiger partial charge in [0.15, 0.2) is 0 Å². The smallest absolute Gasteiger partial charge is 0.263 e. The van der Waals surface area contributed by atoms with Gasteiger partial charge in [-0.1, -0.05) is 36.4 Å². The molecule has 0 unspecified atom stereocenters. The van der Waals surface area contributed by atoms with E-state index in [1.807, 2.05) is 62.4 Å². The molecule has 5 rings (SSSR count). The van der Waals surface area contributed by atoms with E-state index in [1.54, 1.807) is 4.57 Å². The van der Waals surface area contributed by atoms with Crippen LogP contribution in [0, 0.1) is 25.1 Å². The summed E-state index contributed by atoms with van der Waals surface area (Å²) in [6, 6.07) is 21.1. The molecule has 0 radical (unpaired) electrons. The molecular formula is C29H25FN6O. The molecule has 0 aliphatic heterocycles. The fourth-order valence-electron chi connectivity index (χ4n) is 4.51. The lowest BCUT2D eigenvalue weighted by Crippen LogP contribution is -2.25. The third kappa shape index (κ3) is 4.45. The summed E-state index contributed by atoms with van der Waals surface area (Å²) in [5.41, 5.74) is 10.3. The monoisotopic (exact) mass is 492 g/mol. The van der Waals surface area contributed by atoms with Crippen molar-refractivity contribution in [2.45, 2.75) is 20.4 Å². The van der Waals surface area contributed by atoms with E-state index in [0.717, 1.165) is 22.2 Å². The molecule has 0 amide bonds. The molecule has 184 valence electrons. The molecule has 0 aliphatic carbocycles. The summed E-state index contributed by atoms with van der Waals surface area (Å²) in [6.45, 7) is 4.13. The zero-order valence-electron chi connectivity index (χ0n) is 20.4. The van der Waals surface area contributed by atoms with Crippen LogP contribution in [0.4, 0.5) is 16.0 Å². The number of aryl methyl sites for hydroxylation is 2. The zero-order valence-corrected chi connectivity index (χ0v) is 20.4. The van der Waals surface area contributed by atoms with Crippen molar-refractivity contribution in [3.8, 4) is 5.69 Å². The Balaban J connectivity index is 1.61. The van der Waals surface area contributed by atoms with Crippen molar-refractivity contribution in [2.75, 3.05) is 11.1 Å². The molecule has 0 aliphatic rings. The fourth-order valence-corrected chi connectivity index (χ4v) is 4.51. The number of nitrogen functional groups attached to an aromatic ring is 1.